The molecule has 0 aromatic carbocycles. The van der Waals surface area contributed by atoms with Crippen molar-refractivity contribution in [3.8, 4) is 0 Å². The Kier molecular flexibility index (Phi) is 1.92. The zero-order valence-corrected chi connectivity index (χ0v) is 5.05. The molecule has 1 aliphatic heterocycles. The van der Waals surface area contributed by atoms with Crippen molar-refractivity contribution < 1.29 is 4.74 Å². The topological polar surface area (TPSA) is 21.3 Å². The Balaban J connectivity index is 2.27. The maximum atomic E-state index is 5.03. The third-order valence-electron chi connectivity index (χ3n) is 1.28. The molecule has 0 aliphatic carbocycles. The van der Waals surface area contributed by atoms with Crippen molar-refractivity contribution in [2.75, 3.05) is 7.11 Å². The lowest BCUT2D eigenvalue weighted by atomic mass is 10.2. The summed E-state index contributed by atoms with van der Waals surface area (Å²) in [5.74, 6) is 0. The number of ether oxygens (including phenoxy) is 1. The number of nitrogens with one attached hydrogen (secondary N) is 1. The van der Waals surface area contributed by atoms with Crippen molar-refractivity contribution in [3.05, 3.63) is 12.3 Å². The number of methoxy groups -OCH3 is 1. The highest BCUT2D eigenvalue weighted by Gasteiger charge is 2.04. The van der Waals surface area contributed by atoms with E-state index in [1.807, 2.05) is 6.20 Å². The molecule has 0 radical (unpaired) electrons. The van der Waals surface area contributed by atoms with E-state index in [0.717, 1.165) is 12.8 Å². The highest BCUT2D eigenvalue weighted by Crippen LogP contribution is 2.02. The standard InChI is InChI=1S/C6H11NO/c1-8-6-4-2-3-5-7-6/h3,5-7H,2,4H2,1H3. The van der Waals surface area contributed by atoms with E-state index in [0.29, 0.717) is 0 Å². The average molecular weight is 113 g/mol. The van der Waals surface area contributed by atoms with Crippen LogP contribution in [0.2, 0.25) is 0 Å². The molecular formula is C6H11NO. The molecule has 46 valence electrons. The third kappa shape index (κ3) is 1.23. The smallest absolute Gasteiger partial charge is 0.127 e. The predicted octanol–water partition coefficient (Wildman–Crippen LogP) is 0.856. The second-order valence-corrected chi connectivity index (χ2v) is 1.87. The summed E-state index contributed by atoms with van der Waals surface area (Å²) >= 11 is 0. The Morgan fingerprint density at radius 1 is 1.75 bits per heavy atom. The molecule has 0 amide bonds. The summed E-state index contributed by atoms with van der Waals surface area (Å²) in [4.78, 5) is 0. The fourth-order valence-corrected chi connectivity index (χ4v) is 0.776. The molecule has 0 spiro atoms. The van der Waals surface area contributed by atoms with E-state index in [2.05, 4.69) is 11.4 Å². The van der Waals surface area contributed by atoms with Crippen molar-refractivity contribution in [1.82, 2.24) is 5.32 Å². The van der Waals surface area contributed by atoms with Crippen LogP contribution in [0.1, 0.15) is 12.8 Å². The molecule has 1 rings (SSSR count). The van der Waals surface area contributed by atoms with Crippen molar-refractivity contribution in [2.24, 2.45) is 0 Å². The molecule has 0 fully saturated rings. The van der Waals surface area contributed by atoms with Gasteiger partial charge in [0.15, 0.2) is 0 Å². The Hall–Kier alpha value is -0.500. The van der Waals surface area contributed by atoms with E-state index in [9.17, 15) is 0 Å². The summed E-state index contributed by atoms with van der Waals surface area (Å²) < 4.78 is 5.03. The molecule has 0 bridgehead atoms. The molecule has 0 aromatic rings. The van der Waals surface area contributed by atoms with Crippen LogP contribution in [0, 0.1) is 0 Å². The summed E-state index contributed by atoms with van der Waals surface area (Å²) in [6.07, 6.45) is 6.52. The Morgan fingerprint density at radius 3 is 3.00 bits per heavy atom. The Bertz CT molecular complexity index is 90.5. The molecule has 0 saturated carbocycles. The van der Waals surface area contributed by atoms with Gasteiger partial charge in [-0.1, -0.05) is 6.08 Å². The van der Waals surface area contributed by atoms with E-state index in [1.54, 1.807) is 7.11 Å². The van der Waals surface area contributed by atoms with E-state index < -0.39 is 0 Å². The number of hydrogen-bond donors (Lipinski definition) is 1. The zero-order chi connectivity index (χ0) is 5.82. The van der Waals surface area contributed by atoms with Gasteiger partial charge in [0.05, 0.1) is 0 Å². The van der Waals surface area contributed by atoms with Gasteiger partial charge in [-0.2, -0.15) is 0 Å². The fraction of sp³-hybridized carbons (Fsp3) is 0.667. The van der Waals surface area contributed by atoms with Crippen molar-refractivity contribution in [1.29, 1.82) is 0 Å². The average Bonchev–Trinajstić information content (AvgIpc) is 1.90. The largest absolute Gasteiger partial charge is 0.367 e. The predicted molar refractivity (Wildman–Crippen MR) is 32.3 cm³/mol. The second-order valence-electron chi connectivity index (χ2n) is 1.87. The van der Waals surface area contributed by atoms with Crippen molar-refractivity contribution in [2.45, 2.75) is 19.1 Å². The van der Waals surface area contributed by atoms with E-state index in [-0.39, 0.29) is 6.23 Å². The van der Waals surface area contributed by atoms with Crippen LogP contribution in [-0.4, -0.2) is 13.3 Å². The Morgan fingerprint density at radius 2 is 2.62 bits per heavy atom. The van der Waals surface area contributed by atoms with Crippen LogP contribution in [0.4, 0.5) is 0 Å². The molecule has 1 heterocycles. The minimum atomic E-state index is 0.250. The van der Waals surface area contributed by atoms with Gasteiger partial charge in [0.1, 0.15) is 6.23 Å². The first-order valence-corrected chi connectivity index (χ1v) is 2.87. The molecular weight excluding hydrogens is 102 g/mol. The quantitative estimate of drug-likeness (QED) is 0.544. The molecule has 1 aliphatic rings. The van der Waals surface area contributed by atoms with Crippen LogP contribution < -0.4 is 5.32 Å². The first kappa shape index (κ1) is 5.63. The molecule has 1 unspecified atom stereocenters. The molecule has 8 heavy (non-hydrogen) atoms. The third-order valence-corrected chi connectivity index (χ3v) is 1.28. The maximum Gasteiger partial charge on any atom is 0.127 e. The molecule has 1 N–H and O–H groups in total. The van der Waals surface area contributed by atoms with Gasteiger partial charge in [-0.05, 0) is 19.0 Å². The minimum Gasteiger partial charge on any atom is -0.367 e. The van der Waals surface area contributed by atoms with Crippen LogP contribution in [0.5, 0.6) is 0 Å². The van der Waals surface area contributed by atoms with Crippen molar-refractivity contribution in [3.63, 3.8) is 0 Å². The van der Waals surface area contributed by atoms with E-state index >= 15 is 0 Å². The summed E-state index contributed by atoms with van der Waals surface area (Å²) in [6, 6.07) is 0. The van der Waals surface area contributed by atoms with E-state index in [1.165, 1.54) is 0 Å². The lowest BCUT2D eigenvalue weighted by molar-refractivity contribution is 0.0757. The lowest BCUT2D eigenvalue weighted by Crippen LogP contribution is -2.27. The van der Waals surface area contributed by atoms with Gasteiger partial charge in [-0.3, -0.25) is 0 Å². The molecule has 0 saturated heterocycles. The zero-order valence-electron chi connectivity index (χ0n) is 5.05. The lowest BCUT2D eigenvalue weighted by Gasteiger charge is -2.17. The summed E-state index contributed by atoms with van der Waals surface area (Å²) in [5, 5.41) is 3.07. The fourth-order valence-electron chi connectivity index (χ4n) is 0.776. The number of rotatable bonds is 1. The minimum absolute atomic E-state index is 0.250. The van der Waals surface area contributed by atoms with Gasteiger partial charge in [-0.25, -0.2) is 0 Å². The van der Waals surface area contributed by atoms with E-state index in [4.69, 9.17) is 4.74 Å². The van der Waals surface area contributed by atoms with Crippen LogP contribution in [-0.2, 0) is 4.74 Å². The monoisotopic (exact) mass is 113 g/mol. The molecule has 0 aromatic heterocycles. The highest BCUT2D eigenvalue weighted by atomic mass is 16.5. The first-order valence-electron chi connectivity index (χ1n) is 2.87. The normalized spacial score (nSPS) is 27.4. The van der Waals surface area contributed by atoms with Gasteiger partial charge < -0.3 is 10.1 Å². The summed E-state index contributed by atoms with van der Waals surface area (Å²) in [6.45, 7) is 0. The van der Waals surface area contributed by atoms with Gasteiger partial charge in [-0.15, -0.1) is 0 Å². The molecule has 2 nitrogen and oxygen atoms in total. The number of allylic oxidation sites excluding steroid dienone is 1. The summed E-state index contributed by atoms with van der Waals surface area (Å²) in [5.41, 5.74) is 0. The second kappa shape index (κ2) is 2.72. The highest BCUT2D eigenvalue weighted by molar-refractivity contribution is 4.86. The van der Waals surface area contributed by atoms with Crippen LogP contribution in [0.15, 0.2) is 12.3 Å². The molecule has 2 heteroatoms. The summed E-state index contributed by atoms with van der Waals surface area (Å²) in [7, 11) is 1.72. The van der Waals surface area contributed by atoms with Gasteiger partial charge in [0.2, 0.25) is 0 Å². The Labute approximate surface area is 49.5 Å². The van der Waals surface area contributed by atoms with Crippen LogP contribution in [0.3, 0.4) is 0 Å². The first-order chi connectivity index (χ1) is 3.93. The van der Waals surface area contributed by atoms with Gasteiger partial charge in [0.25, 0.3) is 0 Å². The SMILES string of the molecule is COC1CCC=CN1. The van der Waals surface area contributed by atoms with Crippen molar-refractivity contribution >= 4 is 0 Å². The maximum absolute atomic E-state index is 5.03. The molecule has 1 atom stereocenters. The van der Waals surface area contributed by atoms with Crippen LogP contribution >= 0.6 is 0 Å². The van der Waals surface area contributed by atoms with Gasteiger partial charge in [0, 0.05) is 7.11 Å². The van der Waals surface area contributed by atoms with Crippen LogP contribution in [0.25, 0.3) is 0 Å². The number of hydrogen-bond acceptors (Lipinski definition) is 2. The van der Waals surface area contributed by atoms with Gasteiger partial charge >= 0.3 is 0 Å².